The van der Waals surface area contributed by atoms with Crippen molar-refractivity contribution < 1.29 is 0 Å². The summed E-state index contributed by atoms with van der Waals surface area (Å²) >= 11 is 1.85. The van der Waals surface area contributed by atoms with Crippen LogP contribution in [0.15, 0.2) is 57.2 Å². The molecule has 1 atom stereocenters. The first kappa shape index (κ1) is 20.0. The monoisotopic (exact) mass is 380 g/mol. The first-order valence-electron chi connectivity index (χ1n) is 10.4. The summed E-state index contributed by atoms with van der Waals surface area (Å²) in [7, 11) is 1.95. The van der Waals surface area contributed by atoms with E-state index >= 15 is 0 Å². The Labute approximate surface area is 168 Å². The van der Waals surface area contributed by atoms with Crippen LogP contribution in [0.5, 0.6) is 0 Å². The number of unbranched alkanes of at least 4 members (excludes halogenated alkanes) is 4. The molecule has 1 N–H and O–H groups in total. The van der Waals surface area contributed by atoms with Crippen LogP contribution in [-0.2, 0) is 0 Å². The molecule has 0 fully saturated rings. The molecule has 0 saturated carbocycles. The normalized spacial score (nSPS) is 14.3. The number of rotatable bonds is 9. The standard InChI is InChI=1S/C24H32N2S/c1-4-6-7-8-9-12-18(5-2)24(25-3)19-15-16-21-23(17-19)27-22-14-11-10-13-20(22)26-21/h10-11,13-18,26H,4-9,12H2,1-3H3. The lowest BCUT2D eigenvalue weighted by Gasteiger charge is -2.23. The van der Waals surface area contributed by atoms with Gasteiger partial charge in [-0.05, 0) is 42.7 Å². The smallest absolute Gasteiger partial charge is 0.0526 e. The summed E-state index contributed by atoms with van der Waals surface area (Å²) in [4.78, 5) is 7.31. The average Bonchev–Trinajstić information content (AvgIpc) is 2.71. The molecule has 0 aliphatic carbocycles. The Hall–Kier alpha value is -1.74. The fourth-order valence-corrected chi connectivity index (χ4v) is 4.90. The number of anilines is 2. The SMILES string of the molecule is CCCCCCCC(CC)C(=NC)c1ccc2c(c1)Sc1ccccc1N2. The topological polar surface area (TPSA) is 24.4 Å². The Morgan fingerprint density at radius 2 is 1.74 bits per heavy atom. The van der Waals surface area contributed by atoms with Crippen molar-refractivity contribution in [2.45, 2.75) is 68.6 Å². The van der Waals surface area contributed by atoms with Crippen LogP contribution in [0.4, 0.5) is 11.4 Å². The number of para-hydroxylation sites is 1. The second kappa shape index (κ2) is 9.98. The number of fused-ring (bicyclic) bond motifs is 2. The number of nitrogens with one attached hydrogen (secondary N) is 1. The highest BCUT2D eigenvalue weighted by atomic mass is 32.2. The van der Waals surface area contributed by atoms with Gasteiger partial charge in [-0.15, -0.1) is 0 Å². The average molecular weight is 381 g/mol. The van der Waals surface area contributed by atoms with Gasteiger partial charge in [0.25, 0.3) is 0 Å². The summed E-state index contributed by atoms with van der Waals surface area (Å²) < 4.78 is 0. The molecule has 0 bridgehead atoms. The molecule has 2 nitrogen and oxygen atoms in total. The molecule has 2 aromatic carbocycles. The molecule has 144 valence electrons. The van der Waals surface area contributed by atoms with Gasteiger partial charge in [0.1, 0.15) is 0 Å². The molecule has 0 spiro atoms. The molecular weight excluding hydrogens is 348 g/mol. The maximum atomic E-state index is 4.72. The Morgan fingerprint density at radius 3 is 2.52 bits per heavy atom. The van der Waals surface area contributed by atoms with Gasteiger partial charge in [0.15, 0.2) is 0 Å². The maximum absolute atomic E-state index is 4.72. The predicted octanol–water partition coefficient (Wildman–Crippen LogP) is 7.70. The predicted molar refractivity (Wildman–Crippen MR) is 120 cm³/mol. The Balaban J connectivity index is 1.72. The quantitative estimate of drug-likeness (QED) is 0.304. The maximum Gasteiger partial charge on any atom is 0.0526 e. The van der Waals surface area contributed by atoms with Crippen molar-refractivity contribution in [2.75, 3.05) is 12.4 Å². The number of hydrogen-bond donors (Lipinski definition) is 1. The minimum atomic E-state index is 0.559. The van der Waals surface area contributed by atoms with Gasteiger partial charge in [-0.3, -0.25) is 4.99 Å². The van der Waals surface area contributed by atoms with Crippen LogP contribution in [0, 0.1) is 5.92 Å². The Kier molecular flexibility index (Phi) is 7.40. The van der Waals surface area contributed by atoms with E-state index in [2.05, 4.69) is 61.6 Å². The van der Waals surface area contributed by atoms with Gasteiger partial charge in [-0.2, -0.15) is 0 Å². The van der Waals surface area contributed by atoms with Gasteiger partial charge in [0.2, 0.25) is 0 Å². The van der Waals surface area contributed by atoms with E-state index in [0.717, 1.165) is 6.42 Å². The van der Waals surface area contributed by atoms with Gasteiger partial charge in [0.05, 0.1) is 11.4 Å². The zero-order valence-corrected chi connectivity index (χ0v) is 17.7. The fraction of sp³-hybridized carbons (Fsp3) is 0.458. The van der Waals surface area contributed by atoms with Gasteiger partial charge >= 0.3 is 0 Å². The summed E-state index contributed by atoms with van der Waals surface area (Å²) in [5, 5.41) is 3.56. The van der Waals surface area contributed by atoms with Crippen molar-refractivity contribution in [3.63, 3.8) is 0 Å². The van der Waals surface area contributed by atoms with Crippen molar-refractivity contribution in [1.29, 1.82) is 0 Å². The van der Waals surface area contributed by atoms with Gasteiger partial charge in [-0.1, -0.05) is 75.9 Å². The molecule has 27 heavy (non-hydrogen) atoms. The summed E-state index contributed by atoms with van der Waals surface area (Å²) in [6.07, 6.45) is 9.11. The van der Waals surface area contributed by atoms with Crippen molar-refractivity contribution in [3.05, 3.63) is 48.0 Å². The minimum Gasteiger partial charge on any atom is -0.354 e. The molecule has 3 rings (SSSR count). The van der Waals surface area contributed by atoms with Crippen LogP contribution in [-0.4, -0.2) is 12.8 Å². The summed E-state index contributed by atoms with van der Waals surface area (Å²) in [5.41, 5.74) is 4.96. The van der Waals surface area contributed by atoms with E-state index in [4.69, 9.17) is 4.99 Å². The third-order valence-corrected chi connectivity index (χ3v) is 6.56. The van der Waals surface area contributed by atoms with E-state index in [0.29, 0.717) is 5.92 Å². The third kappa shape index (κ3) is 4.95. The molecule has 0 amide bonds. The highest BCUT2D eigenvalue weighted by Crippen LogP contribution is 2.44. The first-order valence-corrected chi connectivity index (χ1v) is 11.2. The van der Waals surface area contributed by atoms with E-state index in [9.17, 15) is 0 Å². The van der Waals surface area contributed by atoms with Crippen LogP contribution >= 0.6 is 11.8 Å². The molecule has 1 heterocycles. The van der Waals surface area contributed by atoms with E-state index in [1.54, 1.807) is 0 Å². The third-order valence-electron chi connectivity index (χ3n) is 5.43. The van der Waals surface area contributed by atoms with E-state index in [1.807, 2.05) is 18.8 Å². The minimum absolute atomic E-state index is 0.559. The lowest BCUT2D eigenvalue weighted by Crippen LogP contribution is -2.16. The van der Waals surface area contributed by atoms with Crippen LogP contribution in [0.2, 0.25) is 0 Å². The lowest BCUT2D eigenvalue weighted by atomic mass is 9.89. The summed E-state index contributed by atoms with van der Waals surface area (Å²) in [6, 6.07) is 15.3. The van der Waals surface area contributed by atoms with Crippen molar-refractivity contribution in [2.24, 2.45) is 10.9 Å². The molecular formula is C24H32N2S. The highest BCUT2D eigenvalue weighted by molar-refractivity contribution is 7.99. The molecule has 0 aromatic heterocycles. The van der Waals surface area contributed by atoms with Crippen LogP contribution in [0.1, 0.15) is 64.4 Å². The van der Waals surface area contributed by atoms with E-state index in [-0.39, 0.29) is 0 Å². The zero-order chi connectivity index (χ0) is 19.1. The number of benzene rings is 2. The van der Waals surface area contributed by atoms with Gasteiger partial charge < -0.3 is 5.32 Å². The van der Waals surface area contributed by atoms with E-state index in [1.165, 1.54) is 71.0 Å². The molecule has 0 saturated heterocycles. The zero-order valence-electron chi connectivity index (χ0n) is 16.9. The van der Waals surface area contributed by atoms with Crippen molar-refractivity contribution >= 4 is 28.8 Å². The number of hydrogen-bond acceptors (Lipinski definition) is 3. The second-order valence-corrected chi connectivity index (χ2v) is 8.43. The molecule has 1 unspecified atom stereocenters. The van der Waals surface area contributed by atoms with Gasteiger partial charge in [-0.25, -0.2) is 0 Å². The van der Waals surface area contributed by atoms with Crippen LogP contribution in [0.3, 0.4) is 0 Å². The van der Waals surface area contributed by atoms with Crippen LogP contribution in [0.25, 0.3) is 0 Å². The summed E-state index contributed by atoms with van der Waals surface area (Å²) in [6.45, 7) is 4.57. The largest absolute Gasteiger partial charge is 0.354 e. The van der Waals surface area contributed by atoms with E-state index < -0.39 is 0 Å². The van der Waals surface area contributed by atoms with Crippen LogP contribution < -0.4 is 5.32 Å². The Morgan fingerprint density at radius 1 is 0.963 bits per heavy atom. The number of nitrogens with zero attached hydrogens (tertiary/aromatic N) is 1. The molecule has 1 aliphatic rings. The van der Waals surface area contributed by atoms with Crippen molar-refractivity contribution in [1.82, 2.24) is 0 Å². The molecule has 2 aromatic rings. The fourth-order valence-electron chi connectivity index (χ4n) is 3.87. The number of aliphatic imine (C=N–C) groups is 1. The molecule has 3 heteroatoms. The summed E-state index contributed by atoms with van der Waals surface area (Å²) in [5.74, 6) is 0.559. The first-order chi connectivity index (χ1) is 13.3. The molecule has 1 aliphatic heterocycles. The Bertz CT molecular complexity index is 782. The lowest BCUT2D eigenvalue weighted by molar-refractivity contribution is 0.533. The molecule has 0 radical (unpaired) electrons. The second-order valence-electron chi connectivity index (χ2n) is 7.35. The van der Waals surface area contributed by atoms with Crippen molar-refractivity contribution in [3.8, 4) is 0 Å². The van der Waals surface area contributed by atoms with Gasteiger partial charge in [0, 0.05) is 28.5 Å². The highest BCUT2D eigenvalue weighted by Gasteiger charge is 2.20.